The first-order valence-corrected chi connectivity index (χ1v) is 5.84. The van der Waals surface area contributed by atoms with Gasteiger partial charge in [0, 0.05) is 12.1 Å². The third kappa shape index (κ3) is 3.13. The number of carbonyl (C=O) groups is 1. The number of hydrogen-bond acceptors (Lipinski definition) is 4. The van der Waals surface area contributed by atoms with Crippen LogP contribution < -0.4 is 5.32 Å². The fourth-order valence-electron chi connectivity index (χ4n) is 1.87. The van der Waals surface area contributed by atoms with Gasteiger partial charge in [-0.1, -0.05) is 13.8 Å². The van der Waals surface area contributed by atoms with Crippen LogP contribution in [0.4, 0.5) is 8.78 Å². The molecule has 0 radical (unpaired) electrons. The Bertz CT molecular complexity index is 272. The molecule has 1 aliphatic rings. The summed E-state index contributed by atoms with van der Waals surface area (Å²) in [5, 5.41) is 12.3. The van der Waals surface area contributed by atoms with Gasteiger partial charge in [-0.3, -0.25) is 0 Å². The Morgan fingerprint density at radius 2 is 2.12 bits per heavy atom. The van der Waals surface area contributed by atoms with Crippen molar-refractivity contribution in [2.45, 2.75) is 50.7 Å². The topological polar surface area (TPSA) is 58.6 Å². The molecule has 6 heteroatoms. The molecule has 1 unspecified atom stereocenters. The predicted molar refractivity (Wildman–Crippen MR) is 57.8 cm³/mol. The Morgan fingerprint density at radius 1 is 1.53 bits per heavy atom. The molecule has 100 valence electrons. The van der Waals surface area contributed by atoms with E-state index in [1.165, 1.54) is 0 Å². The van der Waals surface area contributed by atoms with E-state index in [1.54, 1.807) is 0 Å². The molecule has 1 rings (SSSR count). The number of rotatable bonds is 6. The Morgan fingerprint density at radius 3 is 2.47 bits per heavy atom. The normalized spacial score (nSPS) is 23.8. The lowest BCUT2D eigenvalue weighted by Gasteiger charge is -2.31. The number of ether oxygens (including phenoxy) is 1. The largest absolute Gasteiger partial charge is 0.456 e. The third-order valence-electron chi connectivity index (χ3n) is 3.42. The molecule has 1 saturated heterocycles. The molecule has 17 heavy (non-hydrogen) atoms. The van der Waals surface area contributed by atoms with Gasteiger partial charge in [0.05, 0.1) is 13.0 Å². The van der Waals surface area contributed by atoms with Gasteiger partial charge in [0.1, 0.15) is 6.10 Å². The third-order valence-corrected chi connectivity index (χ3v) is 3.42. The molecule has 0 aromatic rings. The van der Waals surface area contributed by atoms with Gasteiger partial charge in [-0.15, -0.1) is 0 Å². The highest BCUT2D eigenvalue weighted by molar-refractivity contribution is 5.79. The monoisotopic (exact) mass is 251 g/mol. The van der Waals surface area contributed by atoms with Crippen molar-refractivity contribution in [3.8, 4) is 0 Å². The minimum Gasteiger partial charge on any atom is -0.456 e. The molecule has 0 amide bonds. The molecule has 0 saturated carbocycles. The molecule has 1 atom stereocenters. The van der Waals surface area contributed by atoms with Crippen molar-refractivity contribution >= 4 is 5.97 Å². The van der Waals surface area contributed by atoms with Crippen molar-refractivity contribution in [1.82, 2.24) is 5.32 Å². The molecule has 1 aliphatic heterocycles. The Balaban J connectivity index is 2.49. The fraction of sp³-hybridized carbons (Fsp3) is 0.909. The molecule has 1 fully saturated rings. The van der Waals surface area contributed by atoms with Gasteiger partial charge in [-0.2, -0.15) is 8.78 Å². The average Bonchev–Trinajstić information content (AvgIpc) is 2.56. The SMILES string of the molecule is CCC(CC)(CO)NCC1CC(F)(F)C(=O)O1. The van der Waals surface area contributed by atoms with Gasteiger partial charge in [0.2, 0.25) is 0 Å². The van der Waals surface area contributed by atoms with Gasteiger partial charge in [0.25, 0.3) is 0 Å². The molecule has 0 aromatic carbocycles. The molecule has 0 aliphatic carbocycles. The first-order valence-electron chi connectivity index (χ1n) is 5.84. The minimum atomic E-state index is -3.37. The van der Waals surface area contributed by atoms with E-state index in [-0.39, 0.29) is 13.2 Å². The number of esters is 1. The summed E-state index contributed by atoms with van der Waals surface area (Å²) in [5.41, 5.74) is -0.482. The first-order chi connectivity index (χ1) is 7.89. The van der Waals surface area contributed by atoms with Crippen LogP contribution in [0.5, 0.6) is 0 Å². The van der Waals surface area contributed by atoms with E-state index in [9.17, 15) is 18.7 Å². The van der Waals surface area contributed by atoms with Crippen LogP contribution in [0.25, 0.3) is 0 Å². The van der Waals surface area contributed by atoms with E-state index in [4.69, 9.17) is 0 Å². The fourth-order valence-corrected chi connectivity index (χ4v) is 1.87. The highest BCUT2D eigenvalue weighted by Crippen LogP contribution is 2.30. The zero-order valence-corrected chi connectivity index (χ0v) is 10.1. The Hall–Kier alpha value is -0.750. The quantitative estimate of drug-likeness (QED) is 0.693. The maximum Gasteiger partial charge on any atom is 0.377 e. The predicted octanol–water partition coefficient (Wildman–Crippen LogP) is 1.08. The number of halogens is 2. The summed E-state index contributed by atoms with van der Waals surface area (Å²) in [7, 11) is 0. The van der Waals surface area contributed by atoms with Crippen molar-refractivity contribution in [3.05, 3.63) is 0 Å². The van der Waals surface area contributed by atoms with Crippen LogP contribution in [0.15, 0.2) is 0 Å². The van der Waals surface area contributed by atoms with Gasteiger partial charge >= 0.3 is 11.9 Å². The lowest BCUT2D eigenvalue weighted by atomic mass is 9.93. The number of alkyl halides is 2. The van der Waals surface area contributed by atoms with Crippen LogP contribution in [0, 0.1) is 0 Å². The van der Waals surface area contributed by atoms with Gasteiger partial charge in [0.15, 0.2) is 0 Å². The Kier molecular flexibility index (Phi) is 4.43. The smallest absolute Gasteiger partial charge is 0.377 e. The molecule has 0 bridgehead atoms. The minimum absolute atomic E-state index is 0.0724. The molecular formula is C11H19F2NO3. The van der Waals surface area contributed by atoms with Crippen molar-refractivity contribution in [2.75, 3.05) is 13.2 Å². The number of nitrogens with one attached hydrogen (secondary N) is 1. The van der Waals surface area contributed by atoms with Gasteiger partial charge < -0.3 is 15.2 Å². The second-order valence-corrected chi connectivity index (χ2v) is 4.46. The van der Waals surface area contributed by atoms with Crippen LogP contribution in [0.2, 0.25) is 0 Å². The number of aliphatic hydroxyl groups is 1. The van der Waals surface area contributed by atoms with E-state index in [2.05, 4.69) is 10.1 Å². The molecule has 4 nitrogen and oxygen atoms in total. The zero-order chi connectivity index (χ0) is 13.1. The summed E-state index contributed by atoms with van der Waals surface area (Å²) >= 11 is 0. The summed E-state index contributed by atoms with van der Waals surface area (Å²) in [4.78, 5) is 10.8. The molecular weight excluding hydrogens is 232 g/mol. The second-order valence-electron chi connectivity index (χ2n) is 4.46. The summed E-state index contributed by atoms with van der Waals surface area (Å²) < 4.78 is 30.4. The molecule has 1 heterocycles. The van der Waals surface area contributed by atoms with Crippen LogP contribution in [-0.2, 0) is 9.53 Å². The number of carbonyl (C=O) groups excluding carboxylic acids is 1. The van der Waals surface area contributed by atoms with E-state index < -0.39 is 30.0 Å². The highest BCUT2D eigenvalue weighted by atomic mass is 19.3. The van der Waals surface area contributed by atoms with E-state index >= 15 is 0 Å². The van der Waals surface area contributed by atoms with Crippen molar-refractivity contribution in [2.24, 2.45) is 0 Å². The number of aliphatic hydroxyl groups excluding tert-OH is 1. The van der Waals surface area contributed by atoms with Crippen molar-refractivity contribution in [1.29, 1.82) is 0 Å². The lowest BCUT2D eigenvalue weighted by molar-refractivity contribution is -0.159. The number of cyclic esters (lactones) is 1. The van der Waals surface area contributed by atoms with Crippen LogP contribution in [0.3, 0.4) is 0 Å². The highest BCUT2D eigenvalue weighted by Gasteiger charge is 2.50. The van der Waals surface area contributed by atoms with E-state index in [0.717, 1.165) is 0 Å². The van der Waals surface area contributed by atoms with Crippen molar-refractivity contribution in [3.63, 3.8) is 0 Å². The summed E-state index contributed by atoms with van der Waals surface area (Å²) in [6.45, 7) is 3.88. The maximum atomic E-state index is 12.9. The van der Waals surface area contributed by atoms with E-state index in [0.29, 0.717) is 12.8 Å². The molecule has 0 aromatic heterocycles. The van der Waals surface area contributed by atoms with Crippen LogP contribution >= 0.6 is 0 Å². The summed E-state index contributed by atoms with van der Waals surface area (Å²) in [5.74, 6) is -4.82. The molecule has 0 spiro atoms. The number of hydrogen-bond donors (Lipinski definition) is 2. The van der Waals surface area contributed by atoms with E-state index in [1.807, 2.05) is 13.8 Å². The first kappa shape index (κ1) is 14.3. The van der Waals surface area contributed by atoms with Gasteiger partial charge in [-0.05, 0) is 12.8 Å². The average molecular weight is 251 g/mol. The lowest BCUT2D eigenvalue weighted by Crippen LogP contribution is -2.50. The molecule has 2 N–H and O–H groups in total. The van der Waals surface area contributed by atoms with Crippen molar-refractivity contribution < 1.29 is 23.4 Å². The zero-order valence-electron chi connectivity index (χ0n) is 10.1. The maximum absolute atomic E-state index is 12.9. The standard InChI is InChI=1S/C11H19F2NO3/c1-3-10(4-2,7-15)14-6-8-5-11(12,13)9(16)17-8/h8,14-15H,3-7H2,1-2H3. The summed E-state index contributed by atoms with van der Waals surface area (Å²) in [6, 6.07) is 0. The Labute approximate surface area is 99.3 Å². The second kappa shape index (κ2) is 5.27. The van der Waals surface area contributed by atoms with Crippen LogP contribution in [0.1, 0.15) is 33.1 Å². The van der Waals surface area contributed by atoms with Crippen LogP contribution in [-0.4, -0.2) is 41.8 Å². The van der Waals surface area contributed by atoms with Gasteiger partial charge in [-0.25, -0.2) is 4.79 Å². The summed E-state index contributed by atoms with van der Waals surface area (Å²) in [6.07, 6.45) is -0.0523.